The number of carbonyl (C=O) groups excluding carboxylic acids is 1. The smallest absolute Gasteiger partial charge is 0.268 e. The van der Waals surface area contributed by atoms with Crippen LogP contribution in [-0.4, -0.2) is 68.5 Å². The Morgan fingerprint density at radius 2 is 0.700 bits per heavy atom. The fourth-order valence-electron chi connectivity index (χ4n) is 9.93. The molecule has 0 bridgehead atoms. The summed E-state index contributed by atoms with van der Waals surface area (Å²) in [6.07, 6.45) is 64.4. The first-order chi connectivity index (χ1) is 34.0. The molecule has 1 amide bonds. The van der Waals surface area contributed by atoms with Gasteiger partial charge in [0, 0.05) is 6.42 Å². The number of phosphoric ester groups is 1. The first-order valence-electron chi connectivity index (χ1n) is 31.4. The van der Waals surface area contributed by atoms with E-state index in [0.717, 1.165) is 38.5 Å². The summed E-state index contributed by atoms with van der Waals surface area (Å²) in [4.78, 5) is 25.6. The Bertz CT molecular complexity index is 1100. The van der Waals surface area contributed by atoms with Gasteiger partial charge in [0.05, 0.1) is 39.9 Å². The predicted octanol–water partition coefficient (Wildman–Crippen LogP) is 18.6. The molecule has 2 N–H and O–H groups in total. The van der Waals surface area contributed by atoms with Crippen molar-refractivity contribution < 1.29 is 32.9 Å². The fourth-order valence-corrected chi connectivity index (χ4v) is 10.7. The molecule has 0 saturated carbocycles. The quantitative estimate of drug-likeness (QED) is 0.0357. The van der Waals surface area contributed by atoms with E-state index in [9.17, 15) is 19.4 Å². The largest absolute Gasteiger partial charge is 0.756 e. The van der Waals surface area contributed by atoms with E-state index in [1.807, 2.05) is 21.1 Å². The van der Waals surface area contributed by atoms with E-state index in [4.69, 9.17) is 9.05 Å². The summed E-state index contributed by atoms with van der Waals surface area (Å²) in [6, 6.07) is -0.795. The van der Waals surface area contributed by atoms with Gasteiger partial charge in [-0.25, -0.2) is 0 Å². The molecule has 0 rings (SSSR count). The van der Waals surface area contributed by atoms with Gasteiger partial charge in [-0.1, -0.05) is 316 Å². The van der Waals surface area contributed by atoms with Crippen LogP contribution in [0.25, 0.3) is 0 Å². The normalized spacial score (nSPS) is 13.8. The number of hydrogen-bond acceptors (Lipinski definition) is 6. The van der Waals surface area contributed by atoms with Crippen molar-refractivity contribution in [2.75, 3.05) is 40.9 Å². The van der Waals surface area contributed by atoms with Crippen molar-refractivity contribution in [2.45, 2.75) is 347 Å². The molecule has 3 unspecified atom stereocenters. The van der Waals surface area contributed by atoms with Crippen LogP contribution in [0.4, 0.5) is 0 Å². The third-order valence-corrected chi connectivity index (χ3v) is 15.8. The number of aliphatic hydroxyl groups is 1. The predicted molar refractivity (Wildman–Crippen MR) is 303 cm³/mol. The molecule has 0 aromatic heterocycles. The molecule has 0 spiro atoms. The zero-order valence-corrected chi connectivity index (χ0v) is 48.9. The van der Waals surface area contributed by atoms with Crippen LogP contribution >= 0.6 is 7.82 Å². The zero-order chi connectivity index (χ0) is 51.3. The third kappa shape index (κ3) is 55.3. The second-order valence-electron chi connectivity index (χ2n) is 23.1. The summed E-state index contributed by atoms with van der Waals surface area (Å²) in [7, 11) is 1.33. The highest BCUT2D eigenvalue weighted by Crippen LogP contribution is 2.38. The van der Waals surface area contributed by atoms with Gasteiger partial charge in [-0.2, -0.15) is 0 Å². The number of carbonyl (C=O) groups is 1. The highest BCUT2D eigenvalue weighted by atomic mass is 31.2. The maximum absolute atomic E-state index is 13.0. The highest BCUT2D eigenvalue weighted by Gasteiger charge is 2.24. The van der Waals surface area contributed by atoms with Gasteiger partial charge >= 0.3 is 0 Å². The third-order valence-electron chi connectivity index (χ3n) is 14.8. The molecule has 420 valence electrons. The lowest BCUT2D eigenvalue weighted by atomic mass is 10.0. The zero-order valence-electron chi connectivity index (χ0n) is 48.0. The van der Waals surface area contributed by atoms with Gasteiger partial charge in [-0.3, -0.25) is 9.36 Å². The van der Waals surface area contributed by atoms with Gasteiger partial charge in [0.15, 0.2) is 0 Å². The first kappa shape index (κ1) is 69.5. The summed E-state index contributed by atoms with van der Waals surface area (Å²) in [5, 5.41) is 14.0. The Balaban J connectivity index is 4.00. The molecular weight excluding hydrogens is 888 g/mol. The summed E-state index contributed by atoms with van der Waals surface area (Å²) in [5.74, 6) is -0.155. The lowest BCUT2D eigenvalue weighted by Crippen LogP contribution is -2.46. The van der Waals surface area contributed by atoms with E-state index < -0.39 is 20.0 Å². The minimum atomic E-state index is -4.57. The van der Waals surface area contributed by atoms with Crippen LogP contribution in [0.3, 0.4) is 0 Å². The van der Waals surface area contributed by atoms with Crippen LogP contribution in [0.5, 0.6) is 0 Å². The number of hydrogen-bond donors (Lipinski definition) is 2. The van der Waals surface area contributed by atoms with Crippen molar-refractivity contribution in [1.29, 1.82) is 0 Å². The molecule has 3 atom stereocenters. The monoisotopic (exact) mass is 1010 g/mol. The molecule has 0 aromatic rings. The van der Waals surface area contributed by atoms with Crippen LogP contribution in [-0.2, 0) is 18.4 Å². The van der Waals surface area contributed by atoms with E-state index >= 15 is 0 Å². The maximum Gasteiger partial charge on any atom is 0.268 e. The van der Waals surface area contributed by atoms with Crippen molar-refractivity contribution >= 4 is 13.7 Å². The molecule has 0 heterocycles. The van der Waals surface area contributed by atoms with Crippen LogP contribution < -0.4 is 10.2 Å². The standard InChI is InChI=1S/C61H125N2O6P/c1-6-8-10-12-14-16-18-20-22-24-26-27-28-29-30-31-32-33-34-35-36-37-39-41-43-45-47-49-51-53-55-61(65)62-59(58-69-70(66,67)68-57-56-63(3,4)5)60(64)54-52-50-48-46-44-42-40-38-25-23-21-19-17-15-13-11-9-7-2/h59-60,64H,6-58H2,1-5H3,(H-,62,65,66,67). The second-order valence-corrected chi connectivity index (χ2v) is 24.5. The van der Waals surface area contributed by atoms with Crippen molar-refractivity contribution in [1.82, 2.24) is 5.32 Å². The van der Waals surface area contributed by atoms with Crippen molar-refractivity contribution in [3.8, 4) is 0 Å². The fraction of sp³-hybridized carbons (Fsp3) is 0.984. The molecule has 0 aliphatic rings. The lowest BCUT2D eigenvalue weighted by Gasteiger charge is -2.30. The molecule has 0 aliphatic heterocycles. The van der Waals surface area contributed by atoms with Gasteiger partial charge in [-0.15, -0.1) is 0 Å². The molecule has 8 nitrogen and oxygen atoms in total. The second kappa shape index (κ2) is 53.3. The summed E-state index contributed by atoms with van der Waals surface area (Å²) in [6.45, 7) is 4.79. The molecule has 0 aliphatic carbocycles. The summed E-state index contributed by atoms with van der Waals surface area (Å²) in [5.41, 5.74) is 0. The number of amides is 1. The number of aliphatic hydroxyl groups excluding tert-OH is 1. The maximum atomic E-state index is 13.0. The topological polar surface area (TPSA) is 108 Å². The summed E-state index contributed by atoms with van der Waals surface area (Å²) < 4.78 is 23.5. The first-order valence-corrected chi connectivity index (χ1v) is 32.8. The van der Waals surface area contributed by atoms with Crippen LogP contribution in [0.2, 0.25) is 0 Å². The van der Waals surface area contributed by atoms with Gasteiger partial charge in [-0.05, 0) is 12.8 Å². The Labute approximate surface area is 438 Å². The average molecular weight is 1010 g/mol. The number of quaternary nitrogens is 1. The average Bonchev–Trinajstić information content (AvgIpc) is 3.32. The lowest BCUT2D eigenvalue weighted by molar-refractivity contribution is -0.870. The molecule has 70 heavy (non-hydrogen) atoms. The number of nitrogens with zero attached hydrogens (tertiary/aromatic N) is 1. The van der Waals surface area contributed by atoms with Gasteiger partial charge in [0.25, 0.3) is 7.82 Å². The molecule has 0 radical (unpaired) electrons. The van der Waals surface area contributed by atoms with Gasteiger partial charge in [0.2, 0.25) is 5.91 Å². The van der Waals surface area contributed by atoms with E-state index in [1.54, 1.807) is 0 Å². The Morgan fingerprint density at radius 1 is 0.443 bits per heavy atom. The van der Waals surface area contributed by atoms with Crippen molar-refractivity contribution in [2.24, 2.45) is 0 Å². The minimum Gasteiger partial charge on any atom is -0.756 e. The highest BCUT2D eigenvalue weighted by molar-refractivity contribution is 7.45. The summed E-state index contributed by atoms with van der Waals surface area (Å²) >= 11 is 0. The number of nitrogens with one attached hydrogen (secondary N) is 1. The molecule has 0 fully saturated rings. The minimum absolute atomic E-state index is 0.0167. The van der Waals surface area contributed by atoms with Crippen LogP contribution in [0.15, 0.2) is 0 Å². The molecule has 9 heteroatoms. The Morgan fingerprint density at radius 3 is 0.971 bits per heavy atom. The SMILES string of the molecule is CCCCCCCCCCCCCCCCCCCCCCCCCCCCCCCCC(=O)NC(COP(=O)([O-])OCC[N+](C)(C)C)C(O)CCCCCCCCCCCCCCCCCCCC. The van der Waals surface area contributed by atoms with Crippen LogP contribution in [0, 0.1) is 0 Å². The van der Waals surface area contributed by atoms with Gasteiger partial charge in [0.1, 0.15) is 13.2 Å². The van der Waals surface area contributed by atoms with E-state index in [2.05, 4.69) is 19.2 Å². The Kier molecular flexibility index (Phi) is 52.9. The number of likely N-dealkylation sites (N-methyl/N-ethyl adjacent to an activating group) is 1. The van der Waals surface area contributed by atoms with E-state index in [1.165, 1.54) is 270 Å². The molecular formula is C61H125N2O6P. The van der Waals surface area contributed by atoms with Crippen molar-refractivity contribution in [3.63, 3.8) is 0 Å². The van der Waals surface area contributed by atoms with E-state index in [0.29, 0.717) is 23.9 Å². The van der Waals surface area contributed by atoms with Gasteiger partial charge < -0.3 is 28.8 Å². The molecule has 0 saturated heterocycles. The number of unbranched alkanes of at least 4 members (excludes halogenated alkanes) is 46. The van der Waals surface area contributed by atoms with E-state index in [-0.39, 0.29) is 19.1 Å². The number of rotatable bonds is 59. The Hall–Kier alpha value is -0.500. The van der Waals surface area contributed by atoms with Crippen LogP contribution in [0.1, 0.15) is 335 Å². The number of phosphoric acid groups is 1. The van der Waals surface area contributed by atoms with Crippen molar-refractivity contribution in [3.05, 3.63) is 0 Å². The molecule has 0 aromatic carbocycles.